The molecule has 0 bridgehead atoms. The first-order chi connectivity index (χ1) is 13.2. The smallest absolute Gasteiger partial charge is 0.253 e. The van der Waals surface area contributed by atoms with Gasteiger partial charge in [0.2, 0.25) is 0 Å². The van der Waals surface area contributed by atoms with Crippen molar-refractivity contribution in [1.29, 1.82) is 0 Å². The number of hydrogen-bond donors (Lipinski definition) is 2. The van der Waals surface area contributed by atoms with E-state index in [-0.39, 0.29) is 5.91 Å². The average molecular weight is 363 g/mol. The molecule has 1 heterocycles. The quantitative estimate of drug-likeness (QED) is 0.668. The van der Waals surface area contributed by atoms with Gasteiger partial charge >= 0.3 is 0 Å². The minimum atomic E-state index is -0.175. The SMILES string of the molecule is COc1ccc(CNC(=O)c2ccc(Nc3cccc(OC)c3)nc2)cc1. The van der Waals surface area contributed by atoms with E-state index in [9.17, 15) is 4.79 Å². The molecule has 0 fully saturated rings. The Morgan fingerprint density at radius 2 is 1.74 bits per heavy atom. The molecule has 0 aliphatic rings. The molecule has 1 aromatic heterocycles. The molecule has 27 heavy (non-hydrogen) atoms. The van der Waals surface area contributed by atoms with E-state index in [1.165, 1.54) is 0 Å². The lowest BCUT2D eigenvalue weighted by atomic mass is 10.2. The number of carbonyl (C=O) groups excluding carboxylic acids is 1. The number of nitrogens with zero attached hydrogens (tertiary/aromatic N) is 1. The summed E-state index contributed by atoms with van der Waals surface area (Å²) in [5.41, 5.74) is 2.35. The Hall–Kier alpha value is -3.54. The fourth-order valence-corrected chi connectivity index (χ4v) is 2.48. The summed E-state index contributed by atoms with van der Waals surface area (Å²) in [6, 6.07) is 18.6. The van der Waals surface area contributed by atoms with Crippen LogP contribution in [-0.2, 0) is 6.54 Å². The third-order valence-corrected chi connectivity index (χ3v) is 3.98. The van der Waals surface area contributed by atoms with E-state index in [0.29, 0.717) is 17.9 Å². The molecular weight excluding hydrogens is 342 g/mol. The van der Waals surface area contributed by atoms with Crippen LogP contribution in [0.15, 0.2) is 66.9 Å². The predicted molar refractivity (Wildman–Crippen MR) is 105 cm³/mol. The summed E-state index contributed by atoms with van der Waals surface area (Å²) < 4.78 is 10.3. The third kappa shape index (κ3) is 4.98. The summed E-state index contributed by atoms with van der Waals surface area (Å²) in [4.78, 5) is 16.6. The lowest BCUT2D eigenvalue weighted by Gasteiger charge is -2.09. The maximum atomic E-state index is 12.3. The molecule has 138 valence electrons. The van der Waals surface area contributed by atoms with Crippen molar-refractivity contribution in [2.45, 2.75) is 6.54 Å². The minimum absolute atomic E-state index is 0.175. The molecule has 0 saturated heterocycles. The zero-order valence-electron chi connectivity index (χ0n) is 15.2. The number of amides is 1. The molecule has 0 saturated carbocycles. The number of ether oxygens (including phenoxy) is 2. The summed E-state index contributed by atoms with van der Waals surface area (Å²) in [5.74, 6) is 2.02. The molecule has 1 amide bonds. The van der Waals surface area contributed by atoms with E-state index in [2.05, 4.69) is 15.6 Å². The fourth-order valence-electron chi connectivity index (χ4n) is 2.48. The largest absolute Gasteiger partial charge is 0.497 e. The molecule has 2 aromatic carbocycles. The number of methoxy groups -OCH3 is 2. The minimum Gasteiger partial charge on any atom is -0.497 e. The van der Waals surface area contributed by atoms with Gasteiger partial charge in [0.25, 0.3) is 5.91 Å². The van der Waals surface area contributed by atoms with Crippen molar-refractivity contribution in [3.8, 4) is 11.5 Å². The van der Waals surface area contributed by atoms with Gasteiger partial charge in [0.05, 0.1) is 19.8 Å². The van der Waals surface area contributed by atoms with E-state index in [4.69, 9.17) is 9.47 Å². The van der Waals surface area contributed by atoms with Crippen molar-refractivity contribution in [2.24, 2.45) is 0 Å². The van der Waals surface area contributed by atoms with Gasteiger partial charge in [0.1, 0.15) is 17.3 Å². The van der Waals surface area contributed by atoms with Gasteiger partial charge in [0, 0.05) is 24.5 Å². The Labute approximate surface area is 158 Å². The van der Waals surface area contributed by atoms with Gasteiger partial charge in [-0.1, -0.05) is 18.2 Å². The van der Waals surface area contributed by atoms with Gasteiger partial charge in [-0.15, -0.1) is 0 Å². The number of benzene rings is 2. The van der Waals surface area contributed by atoms with E-state index < -0.39 is 0 Å². The summed E-state index contributed by atoms with van der Waals surface area (Å²) in [7, 11) is 3.24. The second-order valence-corrected chi connectivity index (χ2v) is 5.82. The molecule has 0 spiro atoms. The Morgan fingerprint density at radius 1 is 0.963 bits per heavy atom. The van der Waals surface area contributed by atoms with Gasteiger partial charge in [0.15, 0.2) is 0 Å². The predicted octanol–water partition coefficient (Wildman–Crippen LogP) is 3.77. The Kier molecular flexibility index (Phi) is 5.89. The molecule has 0 atom stereocenters. The lowest BCUT2D eigenvalue weighted by Crippen LogP contribution is -2.22. The highest BCUT2D eigenvalue weighted by Gasteiger charge is 2.07. The topological polar surface area (TPSA) is 72.5 Å². The number of rotatable bonds is 7. The average Bonchev–Trinajstić information content (AvgIpc) is 2.73. The van der Waals surface area contributed by atoms with Crippen LogP contribution >= 0.6 is 0 Å². The number of pyridine rings is 1. The number of anilines is 2. The van der Waals surface area contributed by atoms with Crippen molar-refractivity contribution < 1.29 is 14.3 Å². The van der Waals surface area contributed by atoms with E-state index >= 15 is 0 Å². The van der Waals surface area contributed by atoms with Crippen molar-refractivity contribution in [2.75, 3.05) is 19.5 Å². The zero-order valence-corrected chi connectivity index (χ0v) is 15.2. The van der Waals surface area contributed by atoms with Crippen LogP contribution in [0.5, 0.6) is 11.5 Å². The molecule has 3 rings (SSSR count). The van der Waals surface area contributed by atoms with Crippen molar-refractivity contribution in [3.05, 3.63) is 78.0 Å². The Bertz CT molecular complexity index is 893. The van der Waals surface area contributed by atoms with Gasteiger partial charge < -0.3 is 20.1 Å². The van der Waals surface area contributed by atoms with Gasteiger partial charge in [-0.2, -0.15) is 0 Å². The number of carbonyl (C=O) groups is 1. The van der Waals surface area contributed by atoms with Crippen molar-refractivity contribution in [1.82, 2.24) is 10.3 Å². The molecule has 2 N–H and O–H groups in total. The van der Waals surface area contributed by atoms with Gasteiger partial charge in [-0.25, -0.2) is 4.98 Å². The molecule has 3 aromatic rings. The normalized spacial score (nSPS) is 10.1. The van der Waals surface area contributed by atoms with Gasteiger partial charge in [-0.3, -0.25) is 4.79 Å². The number of aromatic nitrogens is 1. The van der Waals surface area contributed by atoms with Crippen LogP contribution in [-0.4, -0.2) is 25.1 Å². The zero-order chi connectivity index (χ0) is 19.1. The van der Waals surface area contributed by atoms with Crippen LogP contribution in [0.1, 0.15) is 15.9 Å². The summed E-state index contributed by atoms with van der Waals surface area (Å²) in [6.07, 6.45) is 1.55. The molecule has 0 aliphatic carbocycles. The van der Waals surface area contributed by atoms with Crippen LogP contribution in [0.25, 0.3) is 0 Å². The first-order valence-electron chi connectivity index (χ1n) is 8.46. The molecule has 6 nitrogen and oxygen atoms in total. The second kappa shape index (κ2) is 8.71. The fraction of sp³-hybridized carbons (Fsp3) is 0.143. The molecule has 6 heteroatoms. The van der Waals surface area contributed by atoms with Crippen LogP contribution in [0, 0.1) is 0 Å². The molecular formula is C21H21N3O3. The van der Waals surface area contributed by atoms with Crippen LogP contribution in [0.4, 0.5) is 11.5 Å². The first kappa shape index (κ1) is 18.3. The number of nitrogens with one attached hydrogen (secondary N) is 2. The highest BCUT2D eigenvalue weighted by molar-refractivity contribution is 5.94. The van der Waals surface area contributed by atoms with Crippen LogP contribution in [0.3, 0.4) is 0 Å². The van der Waals surface area contributed by atoms with E-state index in [0.717, 1.165) is 22.7 Å². The molecule has 0 aliphatic heterocycles. The van der Waals surface area contributed by atoms with Crippen LogP contribution < -0.4 is 20.1 Å². The maximum absolute atomic E-state index is 12.3. The Balaban J connectivity index is 1.57. The summed E-state index contributed by atoms with van der Waals surface area (Å²) >= 11 is 0. The number of hydrogen-bond acceptors (Lipinski definition) is 5. The Morgan fingerprint density at radius 3 is 2.41 bits per heavy atom. The monoisotopic (exact) mass is 363 g/mol. The lowest BCUT2D eigenvalue weighted by molar-refractivity contribution is 0.0950. The summed E-state index contributed by atoms with van der Waals surface area (Å²) in [5, 5.41) is 6.06. The van der Waals surface area contributed by atoms with Crippen molar-refractivity contribution in [3.63, 3.8) is 0 Å². The van der Waals surface area contributed by atoms with E-state index in [1.54, 1.807) is 32.5 Å². The second-order valence-electron chi connectivity index (χ2n) is 5.82. The molecule has 0 radical (unpaired) electrons. The van der Waals surface area contributed by atoms with Crippen molar-refractivity contribution >= 4 is 17.4 Å². The third-order valence-electron chi connectivity index (χ3n) is 3.98. The summed E-state index contributed by atoms with van der Waals surface area (Å²) in [6.45, 7) is 0.437. The van der Waals surface area contributed by atoms with E-state index in [1.807, 2.05) is 48.5 Å². The highest BCUT2D eigenvalue weighted by Crippen LogP contribution is 2.20. The molecule has 0 unspecified atom stereocenters. The highest BCUT2D eigenvalue weighted by atomic mass is 16.5. The van der Waals surface area contributed by atoms with Crippen LogP contribution in [0.2, 0.25) is 0 Å². The first-order valence-corrected chi connectivity index (χ1v) is 8.46. The maximum Gasteiger partial charge on any atom is 0.253 e. The standard InChI is InChI=1S/C21H21N3O3/c1-26-18-9-6-15(7-10-18)13-23-21(25)16-8-11-20(22-14-16)24-17-4-3-5-19(12-17)27-2/h3-12,14H,13H2,1-2H3,(H,22,24)(H,23,25). The van der Waals surface area contributed by atoms with Gasteiger partial charge in [-0.05, 0) is 42.0 Å².